The molecule has 2 aromatic rings. The van der Waals surface area contributed by atoms with Gasteiger partial charge in [0, 0.05) is 24.0 Å². The van der Waals surface area contributed by atoms with E-state index in [0.717, 1.165) is 16.7 Å². The van der Waals surface area contributed by atoms with E-state index >= 15 is 0 Å². The zero-order valence-electron chi connectivity index (χ0n) is 6.79. The molecule has 0 aliphatic carbocycles. The summed E-state index contributed by atoms with van der Waals surface area (Å²) in [5.41, 5.74) is 2.12. The number of hydrogen-bond donors (Lipinski definition) is 0. The predicted molar refractivity (Wildman–Crippen MR) is 53.3 cm³/mol. The lowest BCUT2D eigenvalue weighted by molar-refractivity contribution is 0.942. The molecule has 12 heavy (non-hydrogen) atoms. The van der Waals surface area contributed by atoms with Crippen LogP contribution >= 0.6 is 15.9 Å². The fraction of sp³-hybridized carbons (Fsp3) is 0.222. The number of hydrogen-bond acceptors (Lipinski definition) is 1. The minimum Gasteiger partial charge on any atom is -0.336 e. The highest BCUT2D eigenvalue weighted by Gasteiger charge is 1.99. The van der Waals surface area contributed by atoms with E-state index in [1.807, 2.05) is 23.9 Å². The number of rotatable bonds is 1. The van der Waals surface area contributed by atoms with Crippen molar-refractivity contribution in [1.82, 2.24) is 9.55 Å². The molecule has 0 saturated heterocycles. The summed E-state index contributed by atoms with van der Waals surface area (Å²) in [4.78, 5) is 4.47. The highest BCUT2D eigenvalue weighted by molar-refractivity contribution is 9.08. The Hall–Kier alpha value is -0.830. The van der Waals surface area contributed by atoms with E-state index in [9.17, 15) is 0 Å². The van der Waals surface area contributed by atoms with Crippen molar-refractivity contribution in [3.05, 3.63) is 30.1 Å². The molecule has 0 aromatic carbocycles. The molecule has 0 unspecified atom stereocenters. The Balaban J connectivity index is 2.71. The van der Waals surface area contributed by atoms with Crippen LogP contribution in [0.2, 0.25) is 0 Å². The molecule has 0 amide bonds. The monoisotopic (exact) mass is 224 g/mol. The van der Waals surface area contributed by atoms with Crippen LogP contribution in [0.3, 0.4) is 0 Å². The second-order valence-electron chi connectivity index (χ2n) is 2.78. The maximum absolute atomic E-state index is 4.47. The van der Waals surface area contributed by atoms with Crippen molar-refractivity contribution in [1.29, 1.82) is 0 Å². The third-order valence-electron chi connectivity index (χ3n) is 1.91. The lowest BCUT2D eigenvalue weighted by Crippen LogP contribution is -1.90. The number of alkyl halides is 1. The molecule has 2 nitrogen and oxygen atoms in total. The van der Waals surface area contributed by atoms with E-state index in [0.29, 0.717) is 0 Å². The molecule has 0 bridgehead atoms. The van der Waals surface area contributed by atoms with Crippen molar-refractivity contribution in [3.63, 3.8) is 0 Å². The average molecular weight is 225 g/mol. The topological polar surface area (TPSA) is 17.8 Å². The number of pyridine rings is 1. The van der Waals surface area contributed by atoms with Crippen molar-refractivity contribution < 1.29 is 0 Å². The molecule has 0 spiro atoms. The van der Waals surface area contributed by atoms with E-state index in [4.69, 9.17) is 0 Å². The van der Waals surface area contributed by atoms with Gasteiger partial charge in [-0.2, -0.15) is 0 Å². The van der Waals surface area contributed by atoms with Crippen LogP contribution in [0.15, 0.2) is 24.4 Å². The molecule has 2 rings (SSSR count). The Morgan fingerprint density at radius 1 is 1.42 bits per heavy atom. The highest BCUT2D eigenvalue weighted by Crippen LogP contribution is 2.13. The van der Waals surface area contributed by atoms with Gasteiger partial charge >= 0.3 is 0 Å². The van der Waals surface area contributed by atoms with E-state index in [1.54, 1.807) is 0 Å². The number of fused-ring (bicyclic) bond motifs is 1. The van der Waals surface area contributed by atoms with Gasteiger partial charge in [-0.25, -0.2) is 4.98 Å². The van der Waals surface area contributed by atoms with Crippen LogP contribution in [0.5, 0.6) is 0 Å². The number of nitrogens with zero attached hydrogens (tertiary/aromatic N) is 2. The molecule has 0 fully saturated rings. The standard InChI is InChI=1S/C9H9BrN2/c1-12-5-4-7-2-3-8(6-10)11-9(7)12/h2-5H,6H2,1H3. The largest absolute Gasteiger partial charge is 0.336 e. The smallest absolute Gasteiger partial charge is 0.139 e. The third kappa shape index (κ3) is 1.14. The maximum Gasteiger partial charge on any atom is 0.139 e. The summed E-state index contributed by atoms with van der Waals surface area (Å²) in [6, 6.07) is 6.20. The maximum atomic E-state index is 4.47. The summed E-state index contributed by atoms with van der Waals surface area (Å²) in [6.45, 7) is 0. The Kier molecular flexibility index (Phi) is 1.89. The van der Waals surface area contributed by atoms with Gasteiger partial charge in [0.2, 0.25) is 0 Å². The van der Waals surface area contributed by atoms with Crippen LogP contribution in [-0.4, -0.2) is 9.55 Å². The summed E-state index contributed by atoms with van der Waals surface area (Å²) in [6.07, 6.45) is 2.02. The van der Waals surface area contributed by atoms with Crippen LogP contribution in [0.25, 0.3) is 11.0 Å². The van der Waals surface area contributed by atoms with Gasteiger partial charge in [0.15, 0.2) is 0 Å². The first-order valence-electron chi connectivity index (χ1n) is 3.78. The normalized spacial score (nSPS) is 10.8. The molecule has 0 N–H and O–H groups in total. The molecule has 0 aliphatic heterocycles. The molecule has 2 aromatic heterocycles. The Labute approximate surface area is 79.3 Å². The molecule has 62 valence electrons. The minimum atomic E-state index is 0.814. The van der Waals surface area contributed by atoms with Crippen LogP contribution in [0, 0.1) is 0 Å². The van der Waals surface area contributed by atoms with E-state index < -0.39 is 0 Å². The highest BCUT2D eigenvalue weighted by atomic mass is 79.9. The fourth-order valence-corrected chi connectivity index (χ4v) is 1.56. The zero-order chi connectivity index (χ0) is 8.55. The first-order chi connectivity index (χ1) is 5.81. The number of aromatic nitrogens is 2. The van der Waals surface area contributed by atoms with Gasteiger partial charge in [-0.15, -0.1) is 0 Å². The molecule has 0 radical (unpaired) electrons. The van der Waals surface area contributed by atoms with Crippen molar-refractivity contribution in [3.8, 4) is 0 Å². The van der Waals surface area contributed by atoms with Gasteiger partial charge in [-0.1, -0.05) is 15.9 Å². The Morgan fingerprint density at radius 3 is 3.00 bits per heavy atom. The lowest BCUT2D eigenvalue weighted by Gasteiger charge is -1.97. The van der Waals surface area contributed by atoms with E-state index in [1.165, 1.54) is 5.39 Å². The van der Waals surface area contributed by atoms with Crippen LogP contribution in [-0.2, 0) is 12.4 Å². The van der Waals surface area contributed by atoms with Crippen LogP contribution in [0.1, 0.15) is 5.69 Å². The summed E-state index contributed by atoms with van der Waals surface area (Å²) in [5, 5.41) is 2.01. The second kappa shape index (κ2) is 2.90. The van der Waals surface area contributed by atoms with Gasteiger partial charge in [0.25, 0.3) is 0 Å². The van der Waals surface area contributed by atoms with E-state index in [-0.39, 0.29) is 0 Å². The predicted octanol–water partition coefficient (Wildman–Crippen LogP) is 2.47. The van der Waals surface area contributed by atoms with Crippen molar-refractivity contribution in [2.75, 3.05) is 0 Å². The van der Waals surface area contributed by atoms with Gasteiger partial charge in [0.05, 0.1) is 5.69 Å². The Bertz CT molecular complexity index is 406. The Morgan fingerprint density at radius 2 is 2.25 bits per heavy atom. The first-order valence-corrected chi connectivity index (χ1v) is 4.90. The molecular weight excluding hydrogens is 216 g/mol. The fourth-order valence-electron chi connectivity index (χ4n) is 1.25. The van der Waals surface area contributed by atoms with Gasteiger partial charge in [0.1, 0.15) is 5.65 Å². The van der Waals surface area contributed by atoms with Crippen molar-refractivity contribution in [2.24, 2.45) is 7.05 Å². The minimum absolute atomic E-state index is 0.814. The number of aryl methyl sites for hydroxylation is 1. The quantitative estimate of drug-likeness (QED) is 0.681. The van der Waals surface area contributed by atoms with Crippen molar-refractivity contribution >= 4 is 27.0 Å². The summed E-state index contributed by atoms with van der Waals surface area (Å²) >= 11 is 3.38. The molecule has 2 heterocycles. The first kappa shape index (κ1) is 7.80. The van der Waals surface area contributed by atoms with Gasteiger partial charge < -0.3 is 4.57 Å². The van der Waals surface area contributed by atoms with Crippen molar-refractivity contribution in [2.45, 2.75) is 5.33 Å². The third-order valence-corrected chi connectivity index (χ3v) is 2.49. The molecular formula is C9H9BrN2. The summed E-state index contributed by atoms with van der Waals surface area (Å²) < 4.78 is 2.03. The second-order valence-corrected chi connectivity index (χ2v) is 3.34. The lowest BCUT2D eigenvalue weighted by atomic mass is 10.3. The molecule has 3 heteroatoms. The number of halogens is 1. The van der Waals surface area contributed by atoms with Gasteiger partial charge in [-0.05, 0) is 18.2 Å². The summed E-state index contributed by atoms with van der Waals surface area (Å²) in [7, 11) is 2.01. The SMILES string of the molecule is Cn1ccc2ccc(CBr)nc21. The molecule has 0 atom stereocenters. The zero-order valence-corrected chi connectivity index (χ0v) is 8.37. The molecule has 0 saturated carbocycles. The van der Waals surface area contributed by atoms with E-state index in [2.05, 4.69) is 33.0 Å². The average Bonchev–Trinajstić information content (AvgIpc) is 2.47. The van der Waals surface area contributed by atoms with Crippen LogP contribution in [0.4, 0.5) is 0 Å². The molecule has 0 aliphatic rings. The van der Waals surface area contributed by atoms with Crippen LogP contribution < -0.4 is 0 Å². The van der Waals surface area contributed by atoms with Gasteiger partial charge in [-0.3, -0.25) is 0 Å². The summed E-state index contributed by atoms with van der Waals surface area (Å²) in [5.74, 6) is 0.